The van der Waals surface area contributed by atoms with E-state index in [2.05, 4.69) is 0 Å². The third-order valence-corrected chi connectivity index (χ3v) is 3.31. The molecule has 0 radical (unpaired) electrons. The standard InChI is InChI=1S/C15H21NO5S/c1-15(2,3)21-14(19)16(9-13(17)18)11-7-6-10(22-5)8-12(11)20-4/h6-8H,9H2,1-5H3,(H,17,18). The van der Waals surface area contributed by atoms with Crippen molar-refractivity contribution < 1.29 is 24.2 Å². The molecule has 1 amide bonds. The Morgan fingerprint density at radius 1 is 1.32 bits per heavy atom. The van der Waals surface area contributed by atoms with Crippen LogP contribution in [-0.2, 0) is 9.53 Å². The fourth-order valence-electron chi connectivity index (χ4n) is 1.71. The minimum atomic E-state index is -1.14. The highest BCUT2D eigenvalue weighted by Crippen LogP contribution is 2.33. The highest BCUT2D eigenvalue weighted by Gasteiger charge is 2.27. The molecule has 0 unspecified atom stereocenters. The van der Waals surface area contributed by atoms with Crippen LogP contribution in [0.2, 0.25) is 0 Å². The Balaban J connectivity index is 3.21. The van der Waals surface area contributed by atoms with Gasteiger partial charge >= 0.3 is 12.1 Å². The van der Waals surface area contributed by atoms with E-state index in [4.69, 9.17) is 14.6 Å². The van der Waals surface area contributed by atoms with Crippen LogP contribution >= 0.6 is 11.8 Å². The van der Waals surface area contributed by atoms with Crippen molar-refractivity contribution in [2.24, 2.45) is 0 Å². The molecule has 22 heavy (non-hydrogen) atoms. The number of carboxylic acid groups (broad SMARTS) is 1. The van der Waals surface area contributed by atoms with Crippen LogP contribution in [0.4, 0.5) is 10.5 Å². The first kappa shape index (κ1) is 18.2. The summed E-state index contributed by atoms with van der Waals surface area (Å²) < 4.78 is 10.5. The van der Waals surface area contributed by atoms with Gasteiger partial charge in [-0.15, -0.1) is 11.8 Å². The van der Waals surface area contributed by atoms with Crippen LogP contribution in [0.15, 0.2) is 23.1 Å². The van der Waals surface area contributed by atoms with Crippen molar-refractivity contribution in [3.63, 3.8) is 0 Å². The van der Waals surface area contributed by atoms with Gasteiger partial charge in [0.05, 0.1) is 12.8 Å². The quantitative estimate of drug-likeness (QED) is 0.837. The van der Waals surface area contributed by atoms with E-state index in [1.807, 2.05) is 6.26 Å². The van der Waals surface area contributed by atoms with Crippen LogP contribution in [0.3, 0.4) is 0 Å². The Labute approximate surface area is 134 Å². The Morgan fingerprint density at radius 3 is 2.41 bits per heavy atom. The number of thioether (sulfide) groups is 1. The number of methoxy groups -OCH3 is 1. The van der Waals surface area contributed by atoms with Gasteiger partial charge in [-0.3, -0.25) is 9.69 Å². The Bertz CT molecular complexity index is 553. The maximum atomic E-state index is 12.3. The van der Waals surface area contributed by atoms with Gasteiger partial charge in [-0.1, -0.05) is 0 Å². The maximum absolute atomic E-state index is 12.3. The lowest BCUT2D eigenvalue weighted by molar-refractivity contribution is -0.135. The van der Waals surface area contributed by atoms with Crippen LogP contribution in [0.5, 0.6) is 5.75 Å². The van der Waals surface area contributed by atoms with Gasteiger partial charge in [0.2, 0.25) is 0 Å². The number of hydrogen-bond donors (Lipinski definition) is 1. The predicted molar refractivity (Wildman–Crippen MR) is 86.0 cm³/mol. The number of carbonyl (C=O) groups is 2. The van der Waals surface area contributed by atoms with Crippen molar-refractivity contribution in [2.75, 3.05) is 24.8 Å². The molecule has 0 aromatic heterocycles. The number of amides is 1. The number of carbonyl (C=O) groups excluding carboxylic acids is 1. The van der Waals surface area contributed by atoms with E-state index < -0.39 is 24.2 Å². The van der Waals surface area contributed by atoms with Gasteiger partial charge in [0, 0.05) is 4.90 Å². The molecule has 0 fully saturated rings. The summed E-state index contributed by atoms with van der Waals surface area (Å²) in [4.78, 5) is 25.4. The lowest BCUT2D eigenvalue weighted by Crippen LogP contribution is -2.40. The van der Waals surface area contributed by atoms with Crippen molar-refractivity contribution >= 4 is 29.5 Å². The Kier molecular flexibility index (Phi) is 6.11. The first-order valence-electron chi connectivity index (χ1n) is 6.62. The molecule has 1 N–H and O–H groups in total. The first-order valence-corrected chi connectivity index (χ1v) is 7.84. The summed E-state index contributed by atoms with van der Waals surface area (Å²) in [5.41, 5.74) is -0.364. The average Bonchev–Trinajstić information content (AvgIpc) is 2.42. The van der Waals surface area contributed by atoms with E-state index in [-0.39, 0.29) is 0 Å². The zero-order chi connectivity index (χ0) is 16.9. The summed E-state index contributed by atoms with van der Waals surface area (Å²) in [5.74, 6) is -0.721. The third kappa shape index (κ3) is 5.14. The predicted octanol–water partition coefficient (Wildman–Crippen LogP) is 3.24. The molecule has 0 saturated carbocycles. The number of nitrogens with zero attached hydrogens (tertiary/aromatic N) is 1. The highest BCUT2D eigenvalue weighted by atomic mass is 32.2. The van der Waals surface area contributed by atoms with Crippen molar-refractivity contribution in [1.29, 1.82) is 0 Å². The topological polar surface area (TPSA) is 76.1 Å². The van der Waals surface area contributed by atoms with E-state index in [1.165, 1.54) is 18.9 Å². The lowest BCUT2D eigenvalue weighted by Gasteiger charge is -2.27. The molecule has 122 valence electrons. The van der Waals surface area contributed by atoms with Gasteiger partial charge in [-0.2, -0.15) is 0 Å². The molecule has 0 saturated heterocycles. The number of rotatable bonds is 5. The van der Waals surface area contributed by atoms with E-state index in [1.54, 1.807) is 39.0 Å². The van der Waals surface area contributed by atoms with E-state index >= 15 is 0 Å². The van der Waals surface area contributed by atoms with Gasteiger partial charge in [-0.25, -0.2) is 4.79 Å². The van der Waals surface area contributed by atoms with Gasteiger partial charge < -0.3 is 14.6 Å². The zero-order valence-corrected chi connectivity index (χ0v) is 14.2. The molecule has 1 aromatic rings. The van der Waals surface area contributed by atoms with Crippen LogP contribution in [0, 0.1) is 0 Å². The van der Waals surface area contributed by atoms with Crippen LogP contribution in [-0.4, -0.2) is 42.7 Å². The second-order valence-electron chi connectivity index (χ2n) is 5.50. The molecule has 0 aliphatic rings. The minimum Gasteiger partial charge on any atom is -0.495 e. The monoisotopic (exact) mass is 327 g/mol. The molecule has 0 spiro atoms. The van der Waals surface area contributed by atoms with Crippen LogP contribution in [0.25, 0.3) is 0 Å². The summed E-state index contributed by atoms with van der Waals surface area (Å²) in [5, 5.41) is 9.06. The molecule has 6 nitrogen and oxygen atoms in total. The van der Waals surface area contributed by atoms with Crippen LogP contribution in [0.1, 0.15) is 20.8 Å². The molecule has 0 heterocycles. The summed E-state index contributed by atoms with van der Waals surface area (Å²) in [7, 11) is 1.47. The second-order valence-corrected chi connectivity index (χ2v) is 6.38. The highest BCUT2D eigenvalue weighted by molar-refractivity contribution is 7.98. The molecule has 0 bridgehead atoms. The number of aliphatic carboxylic acids is 1. The molecule has 0 aliphatic carbocycles. The lowest BCUT2D eigenvalue weighted by atomic mass is 10.2. The summed E-state index contributed by atoms with van der Waals surface area (Å²) in [6.07, 6.45) is 1.18. The van der Waals surface area contributed by atoms with E-state index in [0.29, 0.717) is 11.4 Å². The molecule has 1 rings (SSSR count). The van der Waals surface area contributed by atoms with E-state index in [0.717, 1.165) is 9.80 Å². The minimum absolute atomic E-state index is 0.358. The number of anilines is 1. The zero-order valence-electron chi connectivity index (χ0n) is 13.4. The van der Waals surface area contributed by atoms with Crippen LogP contribution < -0.4 is 9.64 Å². The summed E-state index contributed by atoms with van der Waals surface area (Å²) >= 11 is 1.52. The first-order chi connectivity index (χ1) is 10.2. The smallest absolute Gasteiger partial charge is 0.415 e. The molecular formula is C15H21NO5S. The second kappa shape index (κ2) is 7.40. The van der Waals surface area contributed by atoms with Gasteiger partial charge in [0.25, 0.3) is 0 Å². The number of ether oxygens (including phenoxy) is 2. The molecule has 0 aliphatic heterocycles. The maximum Gasteiger partial charge on any atom is 0.415 e. The number of benzene rings is 1. The van der Waals surface area contributed by atoms with Crippen molar-refractivity contribution in [1.82, 2.24) is 0 Å². The molecule has 1 aromatic carbocycles. The number of hydrogen-bond acceptors (Lipinski definition) is 5. The summed E-state index contributed by atoms with van der Waals surface area (Å²) in [6, 6.07) is 5.19. The van der Waals surface area contributed by atoms with Gasteiger partial charge in [0.1, 0.15) is 17.9 Å². The number of carboxylic acids is 1. The fraction of sp³-hybridized carbons (Fsp3) is 0.467. The van der Waals surface area contributed by atoms with Crippen molar-refractivity contribution in [2.45, 2.75) is 31.3 Å². The van der Waals surface area contributed by atoms with Crippen molar-refractivity contribution in [3.05, 3.63) is 18.2 Å². The van der Waals surface area contributed by atoms with Gasteiger partial charge in [0.15, 0.2) is 0 Å². The largest absolute Gasteiger partial charge is 0.495 e. The SMILES string of the molecule is COc1cc(SC)ccc1N(CC(=O)O)C(=O)OC(C)(C)C. The molecule has 0 atom stereocenters. The third-order valence-electron chi connectivity index (χ3n) is 2.58. The molecule has 7 heteroatoms. The Morgan fingerprint density at radius 2 is 1.95 bits per heavy atom. The van der Waals surface area contributed by atoms with E-state index in [9.17, 15) is 9.59 Å². The fourth-order valence-corrected chi connectivity index (χ4v) is 2.14. The van der Waals surface area contributed by atoms with Gasteiger partial charge in [-0.05, 0) is 45.2 Å². The molecular weight excluding hydrogens is 306 g/mol. The summed E-state index contributed by atoms with van der Waals surface area (Å²) in [6.45, 7) is 4.65. The normalized spacial score (nSPS) is 11.0. The van der Waals surface area contributed by atoms with Crippen molar-refractivity contribution in [3.8, 4) is 5.75 Å². The Hall–Kier alpha value is -1.89. The average molecular weight is 327 g/mol.